The van der Waals surface area contributed by atoms with Crippen molar-refractivity contribution >= 4 is 5.97 Å². The summed E-state index contributed by atoms with van der Waals surface area (Å²) in [5, 5.41) is 0. The van der Waals surface area contributed by atoms with Crippen LogP contribution in [-0.4, -0.2) is 53.6 Å². The molecular weight excluding hydrogens is 264 g/mol. The van der Waals surface area contributed by atoms with Gasteiger partial charge in [-0.25, -0.2) is 0 Å². The van der Waals surface area contributed by atoms with E-state index in [0.717, 1.165) is 0 Å². The SMILES string of the molecule is COCOC[C@@H]1[C@@H](COCOC)C=C[C@H]1COC(C)=O. The molecule has 0 heterocycles. The van der Waals surface area contributed by atoms with E-state index in [4.69, 9.17) is 23.7 Å². The van der Waals surface area contributed by atoms with Crippen LogP contribution in [0.2, 0.25) is 0 Å². The van der Waals surface area contributed by atoms with E-state index < -0.39 is 0 Å². The molecule has 0 saturated heterocycles. The maximum absolute atomic E-state index is 10.9. The Bertz CT molecular complexity index is 304. The zero-order valence-corrected chi connectivity index (χ0v) is 12.4. The van der Waals surface area contributed by atoms with Crippen molar-refractivity contribution in [3.63, 3.8) is 0 Å². The van der Waals surface area contributed by atoms with Gasteiger partial charge < -0.3 is 23.7 Å². The zero-order chi connectivity index (χ0) is 14.8. The van der Waals surface area contributed by atoms with E-state index in [1.54, 1.807) is 14.2 Å². The summed E-state index contributed by atoms with van der Waals surface area (Å²) in [4.78, 5) is 10.9. The number of rotatable bonds is 10. The third-order valence-corrected chi connectivity index (χ3v) is 3.21. The van der Waals surface area contributed by atoms with E-state index >= 15 is 0 Å². The molecule has 1 rings (SSSR count). The Morgan fingerprint density at radius 1 is 0.950 bits per heavy atom. The van der Waals surface area contributed by atoms with Crippen molar-refractivity contribution in [1.82, 2.24) is 0 Å². The molecule has 0 fully saturated rings. The summed E-state index contributed by atoms with van der Waals surface area (Å²) in [7, 11) is 3.18. The topological polar surface area (TPSA) is 63.2 Å². The summed E-state index contributed by atoms with van der Waals surface area (Å²) < 4.78 is 25.7. The predicted molar refractivity (Wildman–Crippen MR) is 71.9 cm³/mol. The molecule has 0 amide bonds. The zero-order valence-electron chi connectivity index (χ0n) is 12.4. The van der Waals surface area contributed by atoms with Gasteiger partial charge in [0.1, 0.15) is 13.6 Å². The molecule has 1 aliphatic carbocycles. The van der Waals surface area contributed by atoms with Crippen molar-refractivity contribution in [2.24, 2.45) is 17.8 Å². The number of carbonyl (C=O) groups is 1. The van der Waals surface area contributed by atoms with Crippen molar-refractivity contribution in [3.8, 4) is 0 Å². The van der Waals surface area contributed by atoms with Crippen LogP contribution in [0.25, 0.3) is 0 Å². The Morgan fingerprint density at radius 2 is 1.50 bits per heavy atom. The van der Waals surface area contributed by atoms with Gasteiger partial charge in [-0.15, -0.1) is 0 Å². The molecule has 116 valence electrons. The maximum Gasteiger partial charge on any atom is 0.302 e. The highest BCUT2D eigenvalue weighted by Crippen LogP contribution is 2.32. The first-order chi connectivity index (χ1) is 9.69. The standard InChI is InChI=1S/C14H24O6/c1-11(15)20-7-13-5-4-12(6-18-9-16-2)14(13)8-19-10-17-3/h4-5,12-14H,6-10H2,1-3H3/t12-,13+,14-/m1/s1. The Balaban J connectivity index is 2.46. The molecule has 6 nitrogen and oxygen atoms in total. The molecule has 0 spiro atoms. The van der Waals surface area contributed by atoms with Crippen LogP contribution in [0.4, 0.5) is 0 Å². The summed E-state index contributed by atoms with van der Waals surface area (Å²) >= 11 is 0. The second-order valence-corrected chi connectivity index (χ2v) is 4.73. The molecular formula is C14H24O6. The highest BCUT2D eigenvalue weighted by molar-refractivity contribution is 5.65. The van der Waals surface area contributed by atoms with E-state index in [9.17, 15) is 4.79 Å². The van der Waals surface area contributed by atoms with Gasteiger partial charge in [-0.05, 0) is 0 Å². The quantitative estimate of drug-likeness (QED) is 0.260. The van der Waals surface area contributed by atoms with Crippen molar-refractivity contribution in [1.29, 1.82) is 0 Å². The molecule has 0 aromatic carbocycles. The summed E-state index contributed by atoms with van der Waals surface area (Å²) in [6.45, 7) is 3.39. The van der Waals surface area contributed by atoms with E-state index in [1.807, 2.05) is 0 Å². The number of ether oxygens (including phenoxy) is 5. The Morgan fingerprint density at radius 3 is 2.05 bits per heavy atom. The third-order valence-electron chi connectivity index (χ3n) is 3.21. The third kappa shape index (κ3) is 6.00. The van der Waals surface area contributed by atoms with Crippen LogP contribution in [0.1, 0.15) is 6.92 Å². The number of hydrogen-bond donors (Lipinski definition) is 0. The first-order valence-electron chi connectivity index (χ1n) is 6.64. The highest BCUT2D eigenvalue weighted by atomic mass is 16.7. The van der Waals surface area contributed by atoms with Crippen LogP contribution in [0.5, 0.6) is 0 Å². The van der Waals surface area contributed by atoms with Crippen LogP contribution < -0.4 is 0 Å². The molecule has 0 aromatic heterocycles. The lowest BCUT2D eigenvalue weighted by molar-refractivity contribution is -0.143. The lowest BCUT2D eigenvalue weighted by Crippen LogP contribution is -2.28. The fraction of sp³-hybridized carbons (Fsp3) is 0.786. The normalized spacial score (nSPS) is 25.1. The fourth-order valence-electron chi connectivity index (χ4n) is 2.24. The van der Waals surface area contributed by atoms with Crippen LogP contribution >= 0.6 is 0 Å². The van der Waals surface area contributed by atoms with E-state index in [2.05, 4.69) is 12.2 Å². The van der Waals surface area contributed by atoms with Gasteiger partial charge in [0.05, 0.1) is 19.8 Å². The van der Waals surface area contributed by atoms with Gasteiger partial charge in [0.2, 0.25) is 0 Å². The van der Waals surface area contributed by atoms with Gasteiger partial charge in [0.25, 0.3) is 0 Å². The van der Waals surface area contributed by atoms with Crippen molar-refractivity contribution < 1.29 is 28.5 Å². The predicted octanol–water partition coefficient (Wildman–Crippen LogP) is 1.21. The number of esters is 1. The molecule has 0 aromatic rings. The number of methoxy groups -OCH3 is 2. The Labute approximate surface area is 120 Å². The second kappa shape index (κ2) is 9.88. The van der Waals surface area contributed by atoms with E-state index in [1.165, 1.54) is 6.92 Å². The average Bonchev–Trinajstić information content (AvgIpc) is 2.80. The van der Waals surface area contributed by atoms with Gasteiger partial charge in [-0.2, -0.15) is 0 Å². The van der Waals surface area contributed by atoms with Gasteiger partial charge in [-0.3, -0.25) is 4.79 Å². The average molecular weight is 288 g/mol. The van der Waals surface area contributed by atoms with Crippen molar-refractivity contribution in [2.45, 2.75) is 6.92 Å². The van der Waals surface area contributed by atoms with Crippen molar-refractivity contribution in [3.05, 3.63) is 12.2 Å². The van der Waals surface area contributed by atoms with Crippen LogP contribution in [0, 0.1) is 17.8 Å². The van der Waals surface area contributed by atoms with Crippen LogP contribution in [0.15, 0.2) is 12.2 Å². The van der Waals surface area contributed by atoms with Crippen LogP contribution in [0.3, 0.4) is 0 Å². The fourth-order valence-corrected chi connectivity index (χ4v) is 2.24. The molecule has 6 heteroatoms. The molecule has 0 aliphatic heterocycles. The summed E-state index contributed by atoms with van der Waals surface area (Å²) in [6, 6.07) is 0. The van der Waals surface area contributed by atoms with Gasteiger partial charge in [-0.1, -0.05) is 12.2 Å². The first kappa shape index (κ1) is 17.1. The minimum atomic E-state index is -0.269. The summed E-state index contributed by atoms with van der Waals surface area (Å²) in [5.74, 6) is 0.310. The lowest BCUT2D eigenvalue weighted by atomic mass is 9.89. The van der Waals surface area contributed by atoms with E-state index in [0.29, 0.717) is 19.8 Å². The first-order valence-corrected chi connectivity index (χ1v) is 6.64. The van der Waals surface area contributed by atoms with Gasteiger partial charge in [0.15, 0.2) is 0 Å². The summed E-state index contributed by atoms with van der Waals surface area (Å²) in [6.07, 6.45) is 4.15. The molecule has 1 aliphatic rings. The Kier molecular flexibility index (Phi) is 8.45. The molecule has 0 N–H and O–H groups in total. The minimum absolute atomic E-state index is 0.145. The molecule has 0 radical (unpaired) electrons. The number of carbonyl (C=O) groups excluding carboxylic acids is 1. The van der Waals surface area contributed by atoms with Gasteiger partial charge >= 0.3 is 5.97 Å². The molecule has 0 bridgehead atoms. The molecule has 3 atom stereocenters. The van der Waals surface area contributed by atoms with E-state index in [-0.39, 0.29) is 37.3 Å². The monoisotopic (exact) mass is 288 g/mol. The summed E-state index contributed by atoms with van der Waals surface area (Å²) in [5.41, 5.74) is 0. The molecule has 20 heavy (non-hydrogen) atoms. The second-order valence-electron chi connectivity index (χ2n) is 4.73. The smallest absolute Gasteiger partial charge is 0.302 e. The van der Waals surface area contributed by atoms with Crippen molar-refractivity contribution in [2.75, 3.05) is 47.6 Å². The van der Waals surface area contributed by atoms with Crippen LogP contribution in [-0.2, 0) is 28.5 Å². The largest absolute Gasteiger partial charge is 0.465 e. The molecule has 0 unspecified atom stereocenters. The maximum atomic E-state index is 10.9. The lowest BCUT2D eigenvalue weighted by Gasteiger charge is -2.24. The number of hydrogen-bond acceptors (Lipinski definition) is 6. The molecule has 0 saturated carbocycles. The highest BCUT2D eigenvalue weighted by Gasteiger charge is 2.32. The van der Waals surface area contributed by atoms with Gasteiger partial charge in [0, 0.05) is 38.9 Å². The minimum Gasteiger partial charge on any atom is -0.465 e. The Hall–Kier alpha value is -0.950.